The maximum atomic E-state index is 12.0. The second-order valence-corrected chi connectivity index (χ2v) is 6.94. The fourth-order valence-electron chi connectivity index (χ4n) is 3.49. The van der Waals surface area contributed by atoms with Crippen molar-refractivity contribution in [1.82, 2.24) is 15.5 Å². The molecule has 1 atom stereocenters. The van der Waals surface area contributed by atoms with E-state index in [1.807, 2.05) is 36.4 Å². The van der Waals surface area contributed by atoms with Crippen LogP contribution in [0.2, 0.25) is 0 Å². The van der Waals surface area contributed by atoms with E-state index < -0.39 is 11.8 Å². The summed E-state index contributed by atoms with van der Waals surface area (Å²) in [6.07, 6.45) is 1.60. The van der Waals surface area contributed by atoms with Crippen LogP contribution in [-0.2, 0) is 9.59 Å². The lowest BCUT2D eigenvalue weighted by Gasteiger charge is -2.39. The van der Waals surface area contributed by atoms with Crippen LogP contribution in [0.15, 0.2) is 47.1 Å². The molecule has 0 bridgehead atoms. The average molecular weight is 416 g/mol. The van der Waals surface area contributed by atoms with E-state index in [-0.39, 0.29) is 25.7 Å². The molecule has 1 aliphatic rings. The van der Waals surface area contributed by atoms with Crippen LogP contribution in [-0.4, -0.2) is 74.8 Å². The number of carbonyl (C=O) groups excluding carboxylic acids is 2. The summed E-state index contributed by atoms with van der Waals surface area (Å²) in [5.74, 6) is 0.0847. The van der Waals surface area contributed by atoms with Crippen LogP contribution < -0.4 is 20.3 Å². The van der Waals surface area contributed by atoms with E-state index in [1.54, 1.807) is 13.4 Å². The largest absolute Gasteiger partial charge is 0.497 e. The van der Waals surface area contributed by atoms with Crippen molar-refractivity contribution < 1.29 is 23.8 Å². The first-order valence-electron chi connectivity index (χ1n) is 9.95. The number of benzene rings is 1. The predicted molar refractivity (Wildman–Crippen MR) is 111 cm³/mol. The first-order chi connectivity index (χ1) is 14.6. The van der Waals surface area contributed by atoms with Gasteiger partial charge in [0.1, 0.15) is 11.5 Å². The van der Waals surface area contributed by atoms with Crippen LogP contribution in [0.25, 0.3) is 0 Å². The number of amides is 2. The highest BCUT2D eigenvalue weighted by atomic mass is 16.5. The summed E-state index contributed by atoms with van der Waals surface area (Å²) in [6.45, 7) is 3.30. The number of methoxy groups -OCH3 is 1. The van der Waals surface area contributed by atoms with Crippen molar-refractivity contribution in [3.8, 4) is 5.75 Å². The average Bonchev–Trinajstić information content (AvgIpc) is 3.32. The molecule has 1 fully saturated rings. The van der Waals surface area contributed by atoms with E-state index in [0.29, 0.717) is 0 Å². The number of anilines is 1. The molecule has 2 heterocycles. The molecule has 0 saturated carbocycles. The molecule has 2 aromatic rings. The molecule has 0 radical (unpaired) electrons. The number of hydrogen-bond donors (Lipinski definition) is 3. The zero-order valence-corrected chi connectivity index (χ0v) is 17.0. The van der Waals surface area contributed by atoms with Crippen LogP contribution in [0.4, 0.5) is 5.69 Å². The molecule has 2 amide bonds. The molecule has 9 nitrogen and oxygen atoms in total. The highest BCUT2D eigenvalue weighted by Gasteiger charge is 2.28. The van der Waals surface area contributed by atoms with Crippen LogP contribution in [0.3, 0.4) is 0 Å². The van der Waals surface area contributed by atoms with E-state index in [0.717, 1.165) is 43.4 Å². The quantitative estimate of drug-likeness (QED) is 0.534. The fraction of sp³-hybridized carbons (Fsp3) is 0.429. The molecule has 1 aromatic carbocycles. The van der Waals surface area contributed by atoms with E-state index >= 15 is 0 Å². The molecule has 1 aromatic heterocycles. The Labute approximate surface area is 175 Å². The first kappa shape index (κ1) is 21.7. The number of hydrogen-bond acceptors (Lipinski definition) is 7. The lowest BCUT2D eigenvalue weighted by atomic mass is 10.1. The third kappa shape index (κ3) is 5.52. The van der Waals surface area contributed by atoms with Gasteiger partial charge in [-0.05, 0) is 36.4 Å². The summed E-state index contributed by atoms with van der Waals surface area (Å²) < 4.78 is 10.8. The second kappa shape index (κ2) is 10.7. The number of nitrogens with zero attached hydrogens (tertiary/aromatic N) is 2. The standard InChI is InChI=1S/C21H28N4O5/c1-29-17-6-4-16(5-7-17)24-9-11-25(12-10-24)18(19-3-2-14-30-19)15-23-21(28)20(27)22-8-13-26/h2-7,14,18,26H,8-13,15H2,1H3,(H,22,27)(H,23,28)/t18-/m0/s1. The molecular weight excluding hydrogens is 388 g/mol. The topological polar surface area (TPSA) is 107 Å². The molecule has 9 heteroatoms. The Hall–Kier alpha value is -3.04. The molecule has 0 unspecified atom stereocenters. The maximum Gasteiger partial charge on any atom is 0.309 e. The Morgan fingerprint density at radius 2 is 1.80 bits per heavy atom. The Morgan fingerprint density at radius 3 is 2.40 bits per heavy atom. The summed E-state index contributed by atoms with van der Waals surface area (Å²) in [7, 11) is 1.65. The summed E-state index contributed by atoms with van der Waals surface area (Å²) >= 11 is 0. The minimum atomic E-state index is -0.758. The van der Waals surface area contributed by atoms with Gasteiger partial charge in [-0.15, -0.1) is 0 Å². The SMILES string of the molecule is COc1ccc(N2CCN([C@@H](CNC(=O)C(=O)NCCO)c3ccco3)CC2)cc1. The van der Waals surface area contributed by atoms with Crippen molar-refractivity contribution >= 4 is 17.5 Å². The smallest absolute Gasteiger partial charge is 0.309 e. The van der Waals surface area contributed by atoms with E-state index in [2.05, 4.69) is 20.4 Å². The molecule has 1 saturated heterocycles. The number of ether oxygens (including phenoxy) is 1. The number of aliphatic hydroxyl groups is 1. The van der Waals surface area contributed by atoms with Gasteiger partial charge in [-0.2, -0.15) is 0 Å². The van der Waals surface area contributed by atoms with E-state index in [4.69, 9.17) is 14.3 Å². The van der Waals surface area contributed by atoms with Crippen molar-refractivity contribution in [2.24, 2.45) is 0 Å². The Morgan fingerprint density at radius 1 is 1.10 bits per heavy atom. The van der Waals surface area contributed by atoms with Gasteiger partial charge in [0.05, 0.1) is 26.0 Å². The molecular formula is C21H28N4O5. The van der Waals surface area contributed by atoms with E-state index in [9.17, 15) is 9.59 Å². The van der Waals surface area contributed by atoms with Gasteiger partial charge in [0, 0.05) is 45.0 Å². The third-order valence-electron chi connectivity index (χ3n) is 5.12. The fourth-order valence-corrected chi connectivity index (χ4v) is 3.49. The van der Waals surface area contributed by atoms with Gasteiger partial charge in [0.15, 0.2) is 0 Å². The second-order valence-electron chi connectivity index (χ2n) is 6.94. The number of furan rings is 1. The Kier molecular flexibility index (Phi) is 7.69. The van der Waals surface area contributed by atoms with Gasteiger partial charge in [0.2, 0.25) is 0 Å². The zero-order valence-electron chi connectivity index (χ0n) is 17.0. The molecule has 1 aliphatic heterocycles. The van der Waals surface area contributed by atoms with Gasteiger partial charge >= 0.3 is 11.8 Å². The van der Waals surface area contributed by atoms with Crippen LogP contribution >= 0.6 is 0 Å². The summed E-state index contributed by atoms with van der Waals surface area (Å²) in [5, 5.41) is 13.8. The van der Waals surface area contributed by atoms with Gasteiger partial charge in [0.25, 0.3) is 0 Å². The van der Waals surface area contributed by atoms with Gasteiger partial charge < -0.3 is 29.8 Å². The van der Waals surface area contributed by atoms with Crippen LogP contribution in [0.1, 0.15) is 11.8 Å². The lowest BCUT2D eigenvalue weighted by molar-refractivity contribution is -0.139. The molecule has 3 rings (SSSR count). The number of piperazine rings is 1. The third-order valence-corrected chi connectivity index (χ3v) is 5.12. The van der Waals surface area contributed by atoms with Crippen molar-refractivity contribution in [2.75, 3.05) is 57.9 Å². The number of aliphatic hydroxyl groups excluding tert-OH is 1. The summed E-state index contributed by atoms with van der Waals surface area (Å²) in [5.41, 5.74) is 1.14. The van der Waals surface area contributed by atoms with Gasteiger partial charge in [-0.3, -0.25) is 14.5 Å². The van der Waals surface area contributed by atoms with Gasteiger partial charge in [-0.1, -0.05) is 0 Å². The summed E-state index contributed by atoms with van der Waals surface area (Å²) in [6, 6.07) is 11.5. The molecule has 30 heavy (non-hydrogen) atoms. The Balaban J connectivity index is 1.58. The Bertz CT molecular complexity index is 801. The van der Waals surface area contributed by atoms with Crippen LogP contribution in [0.5, 0.6) is 5.75 Å². The minimum Gasteiger partial charge on any atom is -0.497 e. The monoisotopic (exact) mass is 416 g/mol. The van der Waals surface area contributed by atoms with Crippen molar-refractivity contribution in [3.05, 3.63) is 48.4 Å². The zero-order chi connectivity index (χ0) is 21.3. The minimum absolute atomic E-state index is 0.0428. The van der Waals surface area contributed by atoms with Crippen LogP contribution in [0, 0.1) is 0 Å². The van der Waals surface area contributed by atoms with E-state index in [1.165, 1.54) is 0 Å². The molecule has 0 aliphatic carbocycles. The maximum absolute atomic E-state index is 12.0. The normalized spacial score (nSPS) is 15.5. The molecule has 162 valence electrons. The highest BCUT2D eigenvalue weighted by molar-refractivity contribution is 6.35. The first-order valence-corrected chi connectivity index (χ1v) is 9.95. The van der Waals surface area contributed by atoms with Crippen molar-refractivity contribution in [3.63, 3.8) is 0 Å². The van der Waals surface area contributed by atoms with Crippen molar-refractivity contribution in [1.29, 1.82) is 0 Å². The number of rotatable bonds is 8. The number of carbonyl (C=O) groups is 2. The molecule has 0 spiro atoms. The lowest BCUT2D eigenvalue weighted by Crippen LogP contribution is -2.50. The predicted octanol–water partition coefficient (Wildman–Crippen LogP) is 0.376. The summed E-state index contributed by atoms with van der Waals surface area (Å²) in [4.78, 5) is 28.3. The van der Waals surface area contributed by atoms with Gasteiger partial charge in [-0.25, -0.2) is 0 Å². The molecule has 3 N–H and O–H groups in total. The van der Waals surface area contributed by atoms with Crippen molar-refractivity contribution in [2.45, 2.75) is 6.04 Å². The highest BCUT2D eigenvalue weighted by Crippen LogP contribution is 2.25. The number of nitrogens with one attached hydrogen (secondary N) is 2.